The number of hydrogen-bond donors (Lipinski definition) is 0. The second kappa shape index (κ2) is 8.70. The average molecular weight is 570 g/mol. The minimum absolute atomic E-state index is 0.0371. The average Bonchev–Trinajstić information content (AvgIpc) is 3.68. The van der Waals surface area contributed by atoms with E-state index in [0.717, 1.165) is 67.0 Å². The molecular formula is C34H40FN5O2. The fraction of sp³-hybridized carbons (Fsp3) is 0.618. The number of aromatic nitrogens is 4. The van der Waals surface area contributed by atoms with E-state index < -0.39 is 11.1 Å². The van der Waals surface area contributed by atoms with Gasteiger partial charge in [-0.3, -0.25) is 4.79 Å². The Hall–Kier alpha value is -3.16. The monoisotopic (exact) mass is 569 g/mol. The summed E-state index contributed by atoms with van der Waals surface area (Å²) in [5, 5.41) is 4.46. The molecular weight excluding hydrogens is 529 g/mol. The van der Waals surface area contributed by atoms with Gasteiger partial charge in [0.05, 0.1) is 5.41 Å². The van der Waals surface area contributed by atoms with Gasteiger partial charge in [0.1, 0.15) is 11.5 Å². The second-order valence-electron chi connectivity index (χ2n) is 15.5. The Bertz CT molecular complexity index is 1510. The van der Waals surface area contributed by atoms with Crippen molar-refractivity contribution in [1.29, 1.82) is 0 Å². The van der Waals surface area contributed by atoms with E-state index in [2.05, 4.69) is 48.0 Å². The molecule has 220 valence electrons. The van der Waals surface area contributed by atoms with Gasteiger partial charge in [-0.15, -0.1) is 0 Å². The number of benzene rings is 1. The highest BCUT2D eigenvalue weighted by Gasteiger charge is 2.73. The van der Waals surface area contributed by atoms with Crippen molar-refractivity contribution in [3.63, 3.8) is 0 Å². The SMILES string of the molecule is CC(C)(C)c1nc(C23CCC(CN(C(=O)C45CC(F)(C4)C5)c4cccc(-c5cnc(C6CC6)nc5)c4)(CC2)CC3)no1. The first kappa shape index (κ1) is 26.5. The zero-order valence-electron chi connectivity index (χ0n) is 25.0. The van der Waals surface area contributed by atoms with Gasteiger partial charge in [-0.05, 0) is 93.7 Å². The Morgan fingerprint density at radius 2 is 1.67 bits per heavy atom. The van der Waals surface area contributed by atoms with Crippen LogP contribution >= 0.6 is 0 Å². The topological polar surface area (TPSA) is 85.0 Å². The number of alkyl halides is 1. The molecule has 0 atom stereocenters. The molecule has 2 aromatic heterocycles. The van der Waals surface area contributed by atoms with E-state index in [0.29, 0.717) is 37.6 Å². The molecule has 1 amide bonds. The number of anilines is 1. The minimum Gasteiger partial charge on any atom is -0.339 e. The Labute approximate surface area is 246 Å². The van der Waals surface area contributed by atoms with Crippen LogP contribution in [0.15, 0.2) is 41.2 Å². The zero-order valence-corrected chi connectivity index (χ0v) is 25.0. The first-order chi connectivity index (χ1) is 20.0. The maximum absolute atomic E-state index is 14.6. The number of carbonyl (C=O) groups excluding carboxylic acids is 1. The van der Waals surface area contributed by atoms with Crippen LogP contribution in [0.25, 0.3) is 11.1 Å². The fourth-order valence-corrected chi connectivity index (χ4v) is 8.27. The summed E-state index contributed by atoms with van der Waals surface area (Å²) < 4.78 is 20.3. The fourth-order valence-electron chi connectivity index (χ4n) is 8.27. The maximum atomic E-state index is 14.6. The van der Waals surface area contributed by atoms with Gasteiger partial charge in [-0.25, -0.2) is 14.4 Å². The van der Waals surface area contributed by atoms with Crippen molar-refractivity contribution in [1.82, 2.24) is 20.1 Å². The molecule has 0 saturated heterocycles. The lowest BCUT2D eigenvalue weighted by Gasteiger charge is -2.65. The van der Waals surface area contributed by atoms with Crippen molar-refractivity contribution < 1.29 is 13.7 Å². The van der Waals surface area contributed by atoms with Gasteiger partial charge in [0.2, 0.25) is 11.8 Å². The van der Waals surface area contributed by atoms with E-state index in [1.165, 1.54) is 12.8 Å². The molecule has 2 heterocycles. The molecule has 7 saturated carbocycles. The second-order valence-corrected chi connectivity index (χ2v) is 15.5. The van der Waals surface area contributed by atoms with Gasteiger partial charge in [0, 0.05) is 46.9 Å². The normalized spacial score (nSPS) is 33.1. The maximum Gasteiger partial charge on any atom is 0.233 e. The number of hydrogen-bond acceptors (Lipinski definition) is 6. The lowest BCUT2D eigenvalue weighted by molar-refractivity contribution is -0.211. The number of nitrogens with zero attached hydrogens (tertiary/aromatic N) is 5. The van der Waals surface area contributed by atoms with Crippen LogP contribution in [0.1, 0.15) is 115 Å². The highest BCUT2D eigenvalue weighted by molar-refractivity contribution is 6.00. The number of rotatable bonds is 7. The van der Waals surface area contributed by atoms with Crippen molar-refractivity contribution in [2.75, 3.05) is 11.4 Å². The first-order valence-corrected chi connectivity index (χ1v) is 15.8. The van der Waals surface area contributed by atoms with Gasteiger partial charge in [-0.1, -0.05) is 38.1 Å². The molecule has 10 rings (SSSR count). The highest BCUT2D eigenvalue weighted by atomic mass is 19.1. The third-order valence-electron chi connectivity index (χ3n) is 11.2. The molecule has 3 aromatic rings. The molecule has 8 heteroatoms. The third-order valence-corrected chi connectivity index (χ3v) is 11.2. The lowest BCUT2D eigenvalue weighted by Crippen LogP contribution is -2.71. The van der Waals surface area contributed by atoms with E-state index >= 15 is 0 Å². The van der Waals surface area contributed by atoms with Crippen LogP contribution in [0, 0.1) is 10.8 Å². The summed E-state index contributed by atoms with van der Waals surface area (Å²) in [6, 6.07) is 8.22. The van der Waals surface area contributed by atoms with E-state index in [4.69, 9.17) is 9.51 Å². The highest BCUT2D eigenvalue weighted by Crippen LogP contribution is 2.70. The van der Waals surface area contributed by atoms with E-state index in [9.17, 15) is 9.18 Å². The molecule has 7 fully saturated rings. The predicted octanol–water partition coefficient (Wildman–Crippen LogP) is 7.22. The molecule has 7 aliphatic carbocycles. The van der Waals surface area contributed by atoms with E-state index in [1.54, 1.807) is 0 Å². The number of fused-ring (bicyclic) bond motifs is 3. The summed E-state index contributed by atoms with van der Waals surface area (Å²) in [5.41, 5.74) is 1.03. The Kier molecular flexibility index (Phi) is 5.48. The lowest BCUT2D eigenvalue weighted by atomic mass is 9.41. The van der Waals surface area contributed by atoms with Crippen LogP contribution in [0.5, 0.6) is 0 Å². The smallest absolute Gasteiger partial charge is 0.233 e. The summed E-state index contributed by atoms with van der Waals surface area (Å²) in [6.07, 6.45) is 13.3. The van der Waals surface area contributed by atoms with Crippen molar-refractivity contribution >= 4 is 11.6 Å². The molecule has 7 aliphatic rings. The van der Waals surface area contributed by atoms with Crippen LogP contribution in [0.4, 0.5) is 10.1 Å². The summed E-state index contributed by atoms with van der Waals surface area (Å²) >= 11 is 0. The van der Waals surface area contributed by atoms with Gasteiger partial charge >= 0.3 is 0 Å². The standard InChI is InChI=1S/C34H40FN5O2/c1-30(2,3)28-38-27(39-42-28)32-12-9-31(10-13-32,11-14-32)21-40(29(41)33-18-34(35,19-33)20-33)25-6-4-5-23(15-25)24-16-36-26(37-17-24)22-7-8-22/h4-6,15-17,22H,7-14,18-21H2,1-3H3. The molecule has 7 nitrogen and oxygen atoms in total. The van der Waals surface area contributed by atoms with E-state index in [-0.39, 0.29) is 22.2 Å². The van der Waals surface area contributed by atoms with Crippen molar-refractivity contribution in [2.24, 2.45) is 10.8 Å². The molecule has 0 N–H and O–H groups in total. The molecule has 4 bridgehead atoms. The Morgan fingerprint density at radius 3 is 2.24 bits per heavy atom. The minimum atomic E-state index is -1.12. The Morgan fingerprint density at radius 1 is 1.00 bits per heavy atom. The van der Waals surface area contributed by atoms with Crippen molar-refractivity contribution in [3.05, 3.63) is 54.2 Å². The molecule has 0 aliphatic heterocycles. The largest absolute Gasteiger partial charge is 0.339 e. The summed E-state index contributed by atoms with van der Waals surface area (Å²) in [5.74, 6) is 3.09. The Balaban J connectivity index is 1.06. The van der Waals surface area contributed by atoms with E-state index in [1.807, 2.05) is 29.4 Å². The number of halogens is 1. The molecule has 0 radical (unpaired) electrons. The van der Waals surface area contributed by atoms with Crippen LogP contribution < -0.4 is 4.90 Å². The van der Waals surface area contributed by atoms with Gasteiger partial charge in [0.15, 0.2) is 5.82 Å². The molecule has 42 heavy (non-hydrogen) atoms. The predicted molar refractivity (Wildman–Crippen MR) is 157 cm³/mol. The van der Waals surface area contributed by atoms with Crippen molar-refractivity contribution in [2.45, 2.75) is 114 Å². The van der Waals surface area contributed by atoms with Crippen LogP contribution in [-0.4, -0.2) is 38.2 Å². The molecule has 0 unspecified atom stereocenters. The van der Waals surface area contributed by atoms with Crippen LogP contribution in [0.2, 0.25) is 0 Å². The van der Waals surface area contributed by atoms with Gasteiger partial charge in [0.25, 0.3) is 0 Å². The van der Waals surface area contributed by atoms with Crippen molar-refractivity contribution in [3.8, 4) is 11.1 Å². The van der Waals surface area contributed by atoms with Gasteiger partial charge < -0.3 is 9.42 Å². The van der Waals surface area contributed by atoms with Crippen LogP contribution in [0.3, 0.4) is 0 Å². The first-order valence-electron chi connectivity index (χ1n) is 15.8. The zero-order chi connectivity index (χ0) is 29.0. The summed E-state index contributed by atoms with van der Waals surface area (Å²) in [6.45, 7) is 6.97. The summed E-state index contributed by atoms with van der Waals surface area (Å²) in [7, 11) is 0. The third kappa shape index (κ3) is 4.15. The summed E-state index contributed by atoms with van der Waals surface area (Å²) in [4.78, 5) is 30.4. The number of carbonyl (C=O) groups is 1. The molecule has 0 spiro atoms. The molecule has 1 aromatic carbocycles. The van der Waals surface area contributed by atoms with Gasteiger partial charge in [-0.2, -0.15) is 4.98 Å². The van der Waals surface area contributed by atoms with Crippen LogP contribution in [-0.2, 0) is 15.6 Å². The quantitative estimate of drug-likeness (QED) is 0.299. The number of amides is 1.